The van der Waals surface area contributed by atoms with Crippen molar-refractivity contribution in [3.63, 3.8) is 0 Å². The fourth-order valence-electron chi connectivity index (χ4n) is 3.55. The molecule has 2 N–H and O–H groups in total. The van der Waals surface area contributed by atoms with E-state index in [1.54, 1.807) is 24.3 Å². The van der Waals surface area contributed by atoms with Crippen LogP contribution >= 0.6 is 11.6 Å². The topological polar surface area (TPSA) is 61.4 Å². The largest absolute Gasteiger partial charge is 0.382 e. The summed E-state index contributed by atoms with van der Waals surface area (Å²) in [5.41, 5.74) is 1.73. The van der Waals surface area contributed by atoms with Crippen molar-refractivity contribution in [2.75, 3.05) is 18.4 Å². The Balaban J connectivity index is 1.55. The molecule has 5 nitrogen and oxygen atoms in total. The first-order valence-corrected chi connectivity index (χ1v) is 10.1. The summed E-state index contributed by atoms with van der Waals surface area (Å²) < 4.78 is 13.0. The lowest BCUT2D eigenvalue weighted by molar-refractivity contribution is -0.133. The van der Waals surface area contributed by atoms with Crippen LogP contribution in [0.15, 0.2) is 48.5 Å². The van der Waals surface area contributed by atoms with Gasteiger partial charge in [0, 0.05) is 36.8 Å². The van der Waals surface area contributed by atoms with E-state index in [9.17, 15) is 14.0 Å². The highest BCUT2D eigenvalue weighted by molar-refractivity contribution is 6.30. The van der Waals surface area contributed by atoms with Gasteiger partial charge < -0.3 is 15.5 Å². The van der Waals surface area contributed by atoms with E-state index in [1.807, 2.05) is 17.0 Å². The Labute approximate surface area is 175 Å². The first-order valence-electron chi connectivity index (χ1n) is 9.73. The van der Waals surface area contributed by atoms with Gasteiger partial charge in [0.15, 0.2) is 0 Å². The second-order valence-corrected chi connectivity index (χ2v) is 7.75. The zero-order valence-electron chi connectivity index (χ0n) is 16.3. The average Bonchev–Trinajstić information content (AvgIpc) is 2.70. The molecule has 0 radical (unpaired) electrons. The van der Waals surface area contributed by atoms with Crippen LogP contribution in [0.4, 0.5) is 10.1 Å². The monoisotopic (exact) mass is 417 g/mol. The standard InChI is InChI=1S/C22H25ClFN3O2/c1-15(28)25-21(16-2-4-17(23)5-3-16)14-22(29)27-12-10-20(11-13-27)26-19-8-6-18(24)7-9-19/h2-9,20-21,26H,10-14H2,1H3,(H,25,28)/t21-/m0/s1. The molecule has 1 fully saturated rings. The number of carbonyl (C=O) groups is 2. The molecule has 3 rings (SSSR count). The molecule has 0 unspecified atom stereocenters. The molecule has 2 aromatic carbocycles. The predicted molar refractivity (Wildman–Crippen MR) is 112 cm³/mol. The van der Waals surface area contributed by atoms with E-state index in [0.717, 1.165) is 24.1 Å². The van der Waals surface area contributed by atoms with Crippen LogP contribution in [0.5, 0.6) is 0 Å². The van der Waals surface area contributed by atoms with Gasteiger partial charge in [0.25, 0.3) is 0 Å². The van der Waals surface area contributed by atoms with Crippen molar-refractivity contribution in [2.24, 2.45) is 0 Å². The van der Waals surface area contributed by atoms with Gasteiger partial charge in [-0.1, -0.05) is 23.7 Å². The minimum absolute atomic E-state index is 0.0129. The fraction of sp³-hybridized carbons (Fsp3) is 0.364. The van der Waals surface area contributed by atoms with Gasteiger partial charge in [0.2, 0.25) is 11.8 Å². The number of nitrogens with zero attached hydrogens (tertiary/aromatic N) is 1. The number of benzene rings is 2. The van der Waals surface area contributed by atoms with Crippen molar-refractivity contribution < 1.29 is 14.0 Å². The molecular weight excluding hydrogens is 393 g/mol. The van der Waals surface area contributed by atoms with Gasteiger partial charge in [0.05, 0.1) is 12.5 Å². The Morgan fingerprint density at radius 2 is 1.72 bits per heavy atom. The summed E-state index contributed by atoms with van der Waals surface area (Å²) in [4.78, 5) is 26.3. The van der Waals surface area contributed by atoms with Crippen LogP contribution < -0.4 is 10.6 Å². The third-order valence-corrected chi connectivity index (χ3v) is 5.34. The fourth-order valence-corrected chi connectivity index (χ4v) is 3.68. The maximum absolute atomic E-state index is 13.0. The quantitative estimate of drug-likeness (QED) is 0.742. The molecule has 0 aliphatic carbocycles. The Bertz CT molecular complexity index is 834. The number of nitrogens with one attached hydrogen (secondary N) is 2. The third-order valence-electron chi connectivity index (χ3n) is 5.09. The number of anilines is 1. The number of hydrogen-bond donors (Lipinski definition) is 2. The van der Waals surface area contributed by atoms with Crippen LogP contribution in [-0.4, -0.2) is 35.8 Å². The molecule has 0 saturated carbocycles. The molecule has 154 valence electrons. The molecule has 1 aliphatic heterocycles. The van der Waals surface area contributed by atoms with Crippen molar-refractivity contribution >= 4 is 29.1 Å². The van der Waals surface area contributed by atoms with E-state index >= 15 is 0 Å². The van der Waals surface area contributed by atoms with Crippen molar-refractivity contribution in [3.05, 3.63) is 64.9 Å². The van der Waals surface area contributed by atoms with E-state index in [0.29, 0.717) is 18.1 Å². The lowest BCUT2D eigenvalue weighted by Crippen LogP contribution is -2.43. The molecule has 2 amide bonds. The SMILES string of the molecule is CC(=O)N[C@@H](CC(=O)N1CCC(Nc2ccc(F)cc2)CC1)c1ccc(Cl)cc1. The molecule has 0 spiro atoms. The number of halogens is 2. The second kappa shape index (κ2) is 9.74. The number of hydrogen-bond acceptors (Lipinski definition) is 3. The molecule has 0 aromatic heterocycles. The van der Waals surface area contributed by atoms with Crippen LogP contribution in [0.1, 0.15) is 37.8 Å². The number of rotatable bonds is 6. The van der Waals surface area contributed by atoms with Crippen LogP contribution in [0.3, 0.4) is 0 Å². The zero-order valence-corrected chi connectivity index (χ0v) is 17.1. The van der Waals surface area contributed by atoms with Gasteiger partial charge in [-0.05, 0) is 54.8 Å². The summed E-state index contributed by atoms with van der Waals surface area (Å²) in [5, 5.41) is 6.86. The summed E-state index contributed by atoms with van der Waals surface area (Å²) in [5.74, 6) is -0.427. The Morgan fingerprint density at radius 1 is 1.10 bits per heavy atom. The highest BCUT2D eigenvalue weighted by Gasteiger charge is 2.25. The van der Waals surface area contributed by atoms with Crippen molar-refractivity contribution in [2.45, 2.75) is 38.3 Å². The molecule has 0 bridgehead atoms. The first-order chi connectivity index (χ1) is 13.9. The maximum atomic E-state index is 13.0. The average molecular weight is 418 g/mol. The minimum atomic E-state index is -0.382. The molecule has 1 heterocycles. The molecule has 2 aromatic rings. The normalized spacial score (nSPS) is 15.6. The van der Waals surface area contributed by atoms with Crippen molar-refractivity contribution in [1.29, 1.82) is 0 Å². The summed E-state index contributed by atoms with van der Waals surface area (Å²) >= 11 is 5.94. The number of amides is 2. The lowest BCUT2D eigenvalue weighted by atomic mass is 10.0. The van der Waals surface area contributed by atoms with E-state index in [-0.39, 0.29) is 36.1 Å². The molecule has 29 heavy (non-hydrogen) atoms. The van der Waals surface area contributed by atoms with Gasteiger partial charge >= 0.3 is 0 Å². The highest BCUT2D eigenvalue weighted by Crippen LogP contribution is 2.23. The van der Waals surface area contributed by atoms with Crippen LogP contribution in [-0.2, 0) is 9.59 Å². The number of piperidine rings is 1. The molecular formula is C22H25ClFN3O2. The van der Waals surface area contributed by atoms with Crippen molar-refractivity contribution in [1.82, 2.24) is 10.2 Å². The smallest absolute Gasteiger partial charge is 0.224 e. The summed E-state index contributed by atoms with van der Waals surface area (Å²) in [6.45, 7) is 2.73. The Hall–Kier alpha value is -2.60. The van der Waals surface area contributed by atoms with Crippen LogP contribution in [0, 0.1) is 5.82 Å². The third kappa shape index (κ3) is 6.19. The second-order valence-electron chi connectivity index (χ2n) is 7.32. The Kier molecular flexibility index (Phi) is 7.09. The van der Waals surface area contributed by atoms with Gasteiger partial charge in [-0.15, -0.1) is 0 Å². The van der Waals surface area contributed by atoms with Gasteiger partial charge in [-0.3, -0.25) is 9.59 Å². The summed E-state index contributed by atoms with van der Waals surface area (Å²) in [6, 6.07) is 13.3. The summed E-state index contributed by atoms with van der Waals surface area (Å²) in [6.07, 6.45) is 1.83. The maximum Gasteiger partial charge on any atom is 0.224 e. The number of carbonyl (C=O) groups excluding carboxylic acids is 2. The minimum Gasteiger partial charge on any atom is -0.382 e. The van der Waals surface area contributed by atoms with Gasteiger partial charge in [0.1, 0.15) is 5.82 Å². The van der Waals surface area contributed by atoms with Gasteiger partial charge in [-0.25, -0.2) is 4.39 Å². The van der Waals surface area contributed by atoms with E-state index < -0.39 is 0 Å². The first kappa shape index (κ1) is 21.1. The predicted octanol–water partition coefficient (Wildman–Crippen LogP) is 4.15. The molecule has 1 saturated heterocycles. The van der Waals surface area contributed by atoms with E-state index in [1.165, 1.54) is 19.1 Å². The summed E-state index contributed by atoms with van der Waals surface area (Å²) in [7, 11) is 0. The Morgan fingerprint density at radius 3 is 2.31 bits per heavy atom. The van der Waals surface area contributed by atoms with Crippen LogP contribution in [0.2, 0.25) is 5.02 Å². The van der Waals surface area contributed by atoms with Crippen molar-refractivity contribution in [3.8, 4) is 0 Å². The van der Waals surface area contributed by atoms with E-state index in [4.69, 9.17) is 11.6 Å². The molecule has 7 heteroatoms. The highest BCUT2D eigenvalue weighted by atomic mass is 35.5. The van der Waals surface area contributed by atoms with E-state index in [2.05, 4.69) is 10.6 Å². The molecule has 1 atom stereocenters. The molecule has 1 aliphatic rings. The van der Waals surface area contributed by atoms with Gasteiger partial charge in [-0.2, -0.15) is 0 Å². The zero-order chi connectivity index (χ0) is 20.8. The van der Waals surface area contributed by atoms with Crippen LogP contribution in [0.25, 0.3) is 0 Å². The lowest BCUT2D eigenvalue weighted by Gasteiger charge is -2.34. The number of likely N-dealkylation sites (tertiary alicyclic amines) is 1.